The highest BCUT2D eigenvalue weighted by Crippen LogP contribution is 2.45. The molecule has 2 aromatic heterocycles. The zero-order valence-corrected chi connectivity index (χ0v) is 31.0. The number of nitrogens with zero attached hydrogens (tertiary/aromatic N) is 1. The summed E-state index contributed by atoms with van der Waals surface area (Å²) < 4.78 is 13.0. The van der Waals surface area contributed by atoms with E-state index in [2.05, 4.69) is 199 Å². The van der Waals surface area contributed by atoms with Gasteiger partial charge in [0.1, 0.15) is 16.7 Å². The summed E-state index contributed by atoms with van der Waals surface area (Å²) in [6, 6.07) is 75.0. The summed E-state index contributed by atoms with van der Waals surface area (Å²) in [6.45, 7) is 0. The van der Waals surface area contributed by atoms with Crippen LogP contribution >= 0.6 is 0 Å². The van der Waals surface area contributed by atoms with Gasteiger partial charge >= 0.3 is 0 Å². The second-order valence-corrected chi connectivity index (χ2v) is 14.5. The molecule has 0 atom stereocenters. The normalized spacial score (nSPS) is 11.5. The van der Waals surface area contributed by atoms with Crippen molar-refractivity contribution in [1.29, 1.82) is 0 Å². The highest BCUT2D eigenvalue weighted by atomic mass is 16.3. The van der Waals surface area contributed by atoms with Gasteiger partial charge in [0.15, 0.2) is 5.58 Å². The van der Waals surface area contributed by atoms with Gasteiger partial charge in [0.25, 0.3) is 0 Å². The Morgan fingerprint density at radius 2 is 0.754 bits per heavy atom. The van der Waals surface area contributed by atoms with Gasteiger partial charge in [0, 0.05) is 38.5 Å². The molecule has 11 aromatic rings. The van der Waals surface area contributed by atoms with Gasteiger partial charge in [-0.2, -0.15) is 0 Å². The van der Waals surface area contributed by atoms with E-state index in [1.54, 1.807) is 0 Å². The first-order chi connectivity index (χ1) is 28.2. The largest absolute Gasteiger partial charge is 0.456 e. The Morgan fingerprint density at radius 3 is 1.42 bits per heavy atom. The summed E-state index contributed by atoms with van der Waals surface area (Å²) in [4.78, 5) is 2.31. The first-order valence-electron chi connectivity index (χ1n) is 19.3. The molecule has 0 saturated carbocycles. The van der Waals surface area contributed by atoms with Crippen molar-refractivity contribution in [3.05, 3.63) is 212 Å². The Kier molecular flexibility index (Phi) is 7.82. The number of furan rings is 2. The third-order valence-corrected chi connectivity index (χ3v) is 11.1. The van der Waals surface area contributed by atoms with Gasteiger partial charge in [-0.3, -0.25) is 0 Å². The molecule has 0 aliphatic rings. The SMILES string of the molecule is c1ccc(-c2ccc(N(c3ccc(-c4ccc(-c5ccc6oc7ccccc7c6c5)cc4)cc3)c3cccc4c3oc3c(-c5ccccc5)cccc34)cc2)cc1. The fraction of sp³-hybridized carbons (Fsp3) is 0. The van der Waals surface area contributed by atoms with Crippen molar-refractivity contribution in [3.8, 4) is 44.5 Å². The van der Waals surface area contributed by atoms with Gasteiger partial charge in [0.2, 0.25) is 0 Å². The monoisotopic (exact) mass is 729 g/mol. The number of fused-ring (bicyclic) bond motifs is 6. The fourth-order valence-electron chi connectivity index (χ4n) is 8.25. The lowest BCUT2D eigenvalue weighted by Crippen LogP contribution is -2.10. The molecular weight excluding hydrogens is 695 g/mol. The third kappa shape index (κ3) is 5.76. The van der Waals surface area contributed by atoms with Crippen LogP contribution in [0.1, 0.15) is 0 Å². The topological polar surface area (TPSA) is 29.5 Å². The Hall–Kier alpha value is -7.62. The summed E-state index contributed by atoms with van der Waals surface area (Å²) >= 11 is 0. The molecule has 0 unspecified atom stereocenters. The zero-order valence-electron chi connectivity index (χ0n) is 31.0. The molecule has 0 saturated heterocycles. The number of rotatable bonds is 7. The van der Waals surface area contributed by atoms with Gasteiger partial charge in [-0.15, -0.1) is 0 Å². The molecule has 0 N–H and O–H groups in total. The molecule has 9 aromatic carbocycles. The maximum Gasteiger partial charge on any atom is 0.159 e. The maximum atomic E-state index is 6.92. The van der Waals surface area contributed by atoms with Crippen LogP contribution in [0.2, 0.25) is 0 Å². The summed E-state index contributed by atoms with van der Waals surface area (Å²) in [5, 5.41) is 4.46. The van der Waals surface area contributed by atoms with E-state index in [1.165, 1.54) is 22.3 Å². The molecule has 0 fully saturated rings. The number of benzene rings is 9. The molecule has 3 heteroatoms. The second kappa shape index (κ2) is 13.6. The Bertz CT molecular complexity index is 3200. The van der Waals surface area contributed by atoms with Crippen LogP contribution in [-0.4, -0.2) is 0 Å². The summed E-state index contributed by atoms with van der Waals surface area (Å²) in [5.74, 6) is 0. The summed E-state index contributed by atoms with van der Waals surface area (Å²) in [7, 11) is 0. The molecule has 3 nitrogen and oxygen atoms in total. The van der Waals surface area contributed by atoms with Crippen molar-refractivity contribution in [2.24, 2.45) is 0 Å². The fourth-order valence-corrected chi connectivity index (χ4v) is 8.25. The lowest BCUT2D eigenvalue weighted by atomic mass is 9.99. The highest BCUT2D eigenvalue weighted by Gasteiger charge is 2.21. The van der Waals surface area contributed by atoms with Gasteiger partial charge in [-0.1, -0.05) is 164 Å². The zero-order chi connectivity index (χ0) is 37.7. The van der Waals surface area contributed by atoms with E-state index in [1.807, 2.05) is 18.2 Å². The van der Waals surface area contributed by atoms with Crippen molar-refractivity contribution >= 4 is 60.9 Å². The van der Waals surface area contributed by atoms with Crippen LogP contribution in [-0.2, 0) is 0 Å². The molecule has 0 bridgehead atoms. The smallest absolute Gasteiger partial charge is 0.159 e. The predicted octanol–water partition coefficient (Wildman–Crippen LogP) is 15.6. The van der Waals surface area contributed by atoms with Gasteiger partial charge in [0.05, 0.1) is 5.69 Å². The number of anilines is 3. The predicted molar refractivity (Wildman–Crippen MR) is 237 cm³/mol. The van der Waals surface area contributed by atoms with Crippen LogP contribution < -0.4 is 4.90 Å². The van der Waals surface area contributed by atoms with E-state index < -0.39 is 0 Å². The first-order valence-corrected chi connectivity index (χ1v) is 19.3. The van der Waals surface area contributed by atoms with E-state index in [0.29, 0.717) is 0 Å². The standard InChI is InChI=1S/C54H35NO2/c1-3-11-36(12-4-1)38-25-30-43(31-26-38)55(50-19-10-18-48-47-17-9-16-45(53(47)57-54(48)50)41-13-5-2-6-14-41)44-32-27-39(28-33-44)37-21-23-40(24-22-37)42-29-34-52-49(35-42)46-15-7-8-20-51(46)56-52/h1-35H. The van der Waals surface area contributed by atoms with Crippen molar-refractivity contribution in [1.82, 2.24) is 0 Å². The van der Waals surface area contributed by atoms with Crippen LogP contribution in [0.4, 0.5) is 17.1 Å². The summed E-state index contributed by atoms with van der Waals surface area (Å²) in [6.07, 6.45) is 0. The molecule has 11 rings (SSSR count). The number of hydrogen-bond acceptors (Lipinski definition) is 3. The third-order valence-electron chi connectivity index (χ3n) is 11.1. The van der Waals surface area contributed by atoms with E-state index in [0.717, 1.165) is 83.2 Å². The van der Waals surface area contributed by atoms with Gasteiger partial charge < -0.3 is 13.7 Å². The second-order valence-electron chi connectivity index (χ2n) is 14.5. The molecule has 0 radical (unpaired) electrons. The molecule has 2 heterocycles. The number of para-hydroxylation sites is 3. The molecular formula is C54H35NO2. The highest BCUT2D eigenvalue weighted by molar-refractivity contribution is 6.13. The Balaban J connectivity index is 0.983. The van der Waals surface area contributed by atoms with E-state index in [-0.39, 0.29) is 0 Å². The minimum Gasteiger partial charge on any atom is -0.456 e. The molecule has 0 aliphatic carbocycles. The van der Waals surface area contributed by atoms with Crippen molar-refractivity contribution in [2.75, 3.05) is 4.90 Å². The first kappa shape index (κ1) is 32.8. The average molecular weight is 730 g/mol. The molecule has 0 aliphatic heterocycles. The molecule has 0 spiro atoms. The van der Waals surface area contributed by atoms with Crippen molar-refractivity contribution < 1.29 is 8.83 Å². The number of hydrogen-bond donors (Lipinski definition) is 0. The summed E-state index contributed by atoms with van der Waals surface area (Å²) in [5.41, 5.74) is 15.9. The lowest BCUT2D eigenvalue weighted by molar-refractivity contribution is 0.669. The van der Waals surface area contributed by atoms with Gasteiger partial charge in [-0.05, 0) is 87.5 Å². The van der Waals surface area contributed by atoms with Crippen LogP contribution in [0.3, 0.4) is 0 Å². The molecule has 57 heavy (non-hydrogen) atoms. The maximum absolute atomic E-state index is 6.92. The lowest BCUT2D eigenvalue weighted by Gasteiger charge is -2.26. The van der Waals surface area contributed by atoms with Crippen LogP contribution in [0.15, 0.2) is 221 Å². The van der Waals surface area contributed by atoms with Crippen molar-refractivity contribution in [3.63, 3.8) is 0 Å². The van der Waals surface area contributed by atoms with Crippen LogP contribution in [0.25, 0.3) is 88.4 Å². The molecule has 0 amide bonds. The molecule has 268 valence electrons. The minimum atomic E-state index is 0.851. The Labute approximate surface area is 330 Å². The van der Waals surface area contributed by atoms with Crippen LogP contribution in [0, 0.1) is 0 Å². The minimum absolute atomic E-state index is 0.851. The van der Waals surface area contributed by atoms with E-state index >= 15 is 0 Å². The Morgan fingerprint density at radius 1 is 0.281 bits per heavy atom. The van der Waals surface area contributed by atoms with E-state index in [4.69, 9.17) is 8.83 Å². The van der Waals surface area contributed by atoms with Crippen molar-refractivity contribution in [2.45, 2.75) is 0 Å². The average Bonchev–Trinajstić information content (AvgIpc) is 3.86. The van der Waals surface area contributed by atoms with Gasteiger partial charge in [-0.25, -0.2) is 0 Å². The van der Waals surface area contributed by atoms with E-state index in [9.17, 15) is 0 Å². The van der Waals surface area contributed by atoms with Crippen LogP contribution in [0.5, 0.6) is 0 Å². The quantitative estimate of drug-likeness (QED) is 0.164.